The molecular weight excluding hydrogens is 1320 g/mol. The summed E-state index contributed by atoms with van der Waals surface area (Å²) < 4.78 is 2.19. The zero-order chi connectivity index (χ0) is 62.9. The van der Waals surface area contributed by atoms with Crippen LogP contribution in [0.15, 0.2) is 316 Å². The van der Waals surface area contributed by atoms with Gasteiger partial charge in [0.2, 0.25) is 0 Å². The Morgan fingerprint density at radius 2 is 0.777 bits per heavy atom. The third-order valence-electron chi connectivity index (χ3n) is 18.7. The third-order valence-corrected chi connectivity index (χ3v) is 18.7. The minimum absolute atomic E-state index is 0. The molecule has 14 aromatic rings. The standard InChI is InChI=1S/C78H62N3.C11H8N.Ir/c1-52(2)46-54-38-42-62(43-39-54)77(71-34-12-8-30-67(71)68-31-9-13-35-72(68)77)64-26-18-22-58(50-64)56-20-16-24-60(48-56)75-79-80-76(81(75)66-28-6-5-7-29-66)61-25-17-21-57(49-61)59-23-19-27-65(51-59)78(63-44-40-55(41-45-63)47-53(3)4)73-36-14-10-32-69(73)70-33-11-15-37-74(70)78;1-2-6-10(7-3-1)11-8-4-5-9-12-11;/h5-24,26-45,48-53H,46-47H2,1-4H3;1-6,8-9H;/q2*-1;. The number of benzene rings is 12. The Hall–Kier alpha value is -10.4. The molecule has 0 saturated heterocycles. The molecule has 0 saturated carbocycles. The van der Waals surface area contributed by atoms with Crippen LogP contribution in [0, 0.1) is 24.0 Å². The van der Waals surface area contributed by atoms with Crippen molar-refractivity contribution in [3.8, 4) is 84.2 Å². The second kappa shape index (κ2) is 26.3. The van der Waals surface area contributed by atoms with Crippen molar-refractivity contribution in [1.29, 1.82) is 0 Å². The fraction of sp³-hybridized carbons (Fsp3) is 0.112. The molecule has 5 heteroatoms. The molecule has 16 rings (SSSR count). The predicted octanol–water partition coefficient (Wildman–Crippen LogP) is 21.4. The van der Waals surface area contributed by atoms with Gasteiger partial charge in [-0.3, -0.25) is 0 Å². The minimum Gasteiger partial charge on any atom is -0.316 e. The van der Waals surface area contributed by atoms with Gasteiger partial charge in [0, 0.05) is 37.6 Å². The fourth-order valence-electron chi connectivity index (χ4n) is 14.8. The quantitative estimate of drug-likeness (QED) is 0.102. The van der Waals surface area contributed by atoms with Crippen molar-refractivity contribution in [3.05, 3.63) is 383 Å². The Morgan fingerprint density at radius 1 is 0.340 bits per heavy atom. The molecule has 2 aromatic heterocycles. The van der Waals surface area contributed by atoms with Gasteiger partial charge in [-0.1, -0.05) is 264 Å². The molecule has 1 radical (unpaired) electrons. The van der Waals surface area contributed by atoms with Gasteiger partial charge in [0.1, 0.15) is 0 Å². The van der Waals surface area contributed by atoms with Crippen molar-refractivity contribution < 1.29 is 20.1 Å². The van der Waals surface area contributed by atoms with E-state index < -0.39 is 10.8 Å². The van der Waals surface area contributed by atoms with E-state index in [1.165, 1.54) is 77.9 Å². The maximum Gasteiger partial charge on any atom is 0.159 e. The molecule has 0 amide bonds. The molecule has 94 heavy (non-hydrogen) atoms. The van der Waals surface area contributed by atoms with Crippen LogP contribution in [-0.4, -0.2) is 19.7 Å². The molecule has 0 atom stereocenters. The average molecular weight is 1390 g/mol. The van der Waals surface area contributed by atoms with Crippen LogP contribution in [0.1, 0.15) is 83.3 Å². The second-order valence-corrected chi connectivity index (χ2v) is 25.5. The maximum absolute atomic E-state index is 5.05. The zero-order valence-corrected chi connectivity index (χ0v) is 55.6. The minimum atomic E-state index is -0.518. The summed E-state index contributed by atoms with van der Waals surface area (Å²) in [5, 5.41) is 10.1. The third kappa shape index (κ3) is 11.1. The van der Waals surface area contributed by atoms with E-state index in [0.717, 1.165) is 74.8 Å². The van der Waals surface area contributed by atoms with Gasteiger partial charge in [-0.25, -0.2) is 0 Å². The van der Waals surface area contributed by atoms with E-state index in [4.69, 9.17) is 10.2 Å². The number of fused-ring (bicyclic) bond motifs is 6. The van der Waals surface area contributed by atoms with Gasteiger partial charge in [0.25, 0.3) is 0 Å². The van der Waals surface area contributed by atoms with E-state index in [1.807, 2.05) is 48.5 Å². The number of hydrogen-bond donors (Lipinski definition) is 0. The van der Waals surface area contributed by atoms with Crippen molar-refractivity contribution in [3.63, 3.8) is 0 Å². The molecular formula is C89H70IrN4-2. The number of nitrogens with zero attached hydrogens (tertiary/aromatic N) is 4. The SMILES string of the molecule is CC(C)Cc1ccc(C2(c3cccc(-c4cc[c-]c(-c5nnc(-c6cccc(-c7cccc(C8(c9ccc(CC(C)C)cc9)c9ccccc9-c9ccccc98)c7)c6)n5-c5ccccc5)c4)c3)c3ccccc3-c3ccccc32)cc1.[Ir].[c-]1ccccc1-c1ccccn1. The van der Waals surface area contributed by atoms with Crippen molar-refractivity contribution in [2.45, 2.75) is 51.4 Å². The van der Waals surface area contributed by atoms with Crippen LogP contribution in [0.2, 0.25) is 0 Å². The summed E-state index contributed by atoms with van der Waals surface area (Å²) in [4.78, 5) is 4.22. The van der Waals surface area contributed by atoms with E-state index in [2.05, 4.69) is 310 Å². The Labute approximate surface area is 566 Å². The van der Waals surface area contributed by atoms with Gasteiger partial charge in [0.15, 0.2) is 5.82 Å². The average Bonchev–Trinajstić information content (AvgIpc) is 1.52. The van der Waals surface area contributed by atoms with Crippen LogP contribution >= 0.6 is 0 Å². The molecule has 2 aliphatic carbocycles. The summed E-state index contributed by atoms with van der Waals surface area (Å²) in [7, 11) is 0. The van der Waals surface area contributed by atoms with Crippen LogP contribution in [0.25, 0.3) is 84.2 Å². The van der Waals surface area contributed by atoms with Crippen LogP contribution in [0.3, 0.4) is 0 Å². The van der Waals surface area contributed by atoms with Crippen molar-refractivity contribution in [2.75, 3.05) is 0 Å². The summed E-state index contributed by atoms with van der Waals surface area (Å²) in [5.41, 5.74) is 26.3. The van der Waals surface area contributed by atoms with E-state index in [0.29, 0.717) is 11.8 Å². The topological polar surface area (TPSA) is 43.6 Å². The molecule has 2 heterocycles. The van der Waals surface area contributed by atoms with Crippen LogP contribution in [-0.2, 0) is 43.8 Å². The summed E-state index contributed by atoms with van der Waals surface area (Å²) >= 11 is 0. The number of rotatable bonds is 14. The largest absolute Gasteiger partial charge is 0.316 e. The first-order valence-electron chi connectivity index (χ1n) is 32.6. The molecule has 2 aliphatic rings. The first-order valence-corrected chi connectivity index (χ1v) is 32.6. The second-order valence-electron chi connectivity index (χ2n) is 25.5. The Kier molecular flexibility index (Phi) is 17.1. The molecule has 0 bridgehead atoms. The molecule has 12 aromatic carbocycles. The van der Waals surface area contributed by atoms with Crippen LogP contribution in [0.5, 0.6) is 0 Å². The number of para-hydroxylation sites is 1. The Morgan fingerprint density at radius 3 is 1.27 bits per heavy atom. The summed E-state index contributed by atoms with van der Waals surface area (Å²) in [6.45, 7) is 9.16. The van der Waals surface area contributed by atoms with Crippen molar-refractivity contribution >= 4 is 0 Å². The fourth-order valence-corrected chi connectivity index (χ4v) is 14.8. The molecule has 0 spiro atoms. The smallest absolute Gasteiger partial charge is 0.159 e. The molecule has 0 fully saturated rings. The van der Waals surface area contributed by atoms with Crippen LogP contribution in [0.4, 0.5) is 0 Å². The normalized spacial score (nSPS) is 12.8. The van der Waals surface area contributed by atoms with Gasteiger partial charge in [-0.15, -0.1) is 76.4 Å². The monoisotopic (exact) mass is 1390 g/mol. The van der Waals surface area contributed by atoms with E-state index >= 15 is 0 Å². The number of aromatic nitrogens is 4. The molecule has 457 valence electrons. The van der Waals surface area contributed by atoms with E-state index in [-0.39, 0.29) is 20.1 Å². The van der Waals surface area contributed by atoms with E-state index in [1.54, 1.807) is 6.20 Å². The van der Waals surface area contributed by atoms with Gasteiger partial charge >= 0.3 is 0 Å². The molecule has 0 aliphatic heterocycles. The van der Waals surface area contributed by atoms with E-state index in [9.17, 15) is 0 Å². The van der Waals surface area contributed by atoms with Gasteiger partial charge in [-0.05, 0) is 155 Å². The molecule has 4 nitrogen and oxygen atoms in total. The maximum atomic E-state index is 5.05. The summed E-state index contributed by atoms with van der Waals surface area (Å²) in [6, 6.07) is 119. The Bertz CT molecular complexity index is 4590. The number of pyridine rings is 1. The summed E-state index contributed by atoms with van der Waals surface area (Å²) in [6.07, 6.45) is 3.88. The van der Waals surface area contributed by atoms with Crippen molar-refractivity contribution in [2.24, 2.45) is 11.8 Å². The van der Waals surface area contributed by atoms with Gasteiger partial charge in [-0.2, -0.15) is 5.10 Å². The van der Waals surface area contributed by atoms with Crippen molar-refractivity contribution in [1.82, 2.24) is 19.7 Å². The predicted molar refractivity (Wildman–Crippen MR) is 382 cm³/mol. The molecule has 0 unspecified atom stereocenters. The first kappa shape index (κ1) is 61.1. The van der Waals surface area contributed by atoms with Gasteiger partial charge < -0.3 is 9.55 Å². The summed E-state index contributed by atoms with van der Waals surface area (Å²) in [5.74, 6) is 2.63. The Balaban J connectivity index is 0.000000527. The van der Waals surface area contributed by atoms with Crippen LogP contribution < -0.4 is 0 Å². The van der Waals surface area contributed by atoms with Gasteiger partial charge in [0.05, 0.1) is 16.7 Å². The zero-order valence-electron chi connectivity index (χ0n) is 53.2. The number of hydrogen-bond acceptors (Lipinski definition) is 3. The first-order chi connectivity index (χ1) is 45.7. The molecule has 0 N–H and O–H groups in total.